The molecule has 8 heteroatoms. The summed E-state index contributed by atoms with van der Waals surface area (Å²) in [6.45, 7) is 0. The van der Waals surface area contributed by atoms with Crippen molar-refractivity contribution in [3.8, 4) is 17.2 Å². The molecule has 1 heterocycles. The molecular formula is C18H15Cl2N3O3. The summed E-state index contributed by atoms with van der Waals surface area (Å²) in [6, 6.07) is 12.3. The molecule has 0 bridgehead atoms. The van der Waals surface area contributed by atoms with E-state index in [-0.39, 0.29) is 12.3 Å². The minimum Gasteiger partial charge on any atom is -0.497 e. The van der Waals surface area contributed by atoms with E-state index in [1.165, 1.54) is 0 Å². The van der Waals surface area contributed by atoms with Crippen LogP contribution in [0.3, 0.4) is 0 Å². The van der Waals surface area contributed by atoms with Crippen LogP contribution in [0.4, 0.5) is 5.69 Å². The van der Waals surface area contributed by atoms with Crippen molar-refractivity contribution in [1.29, 1.82) is 0 Å². The van der Waals surface area contributed by atoms with Gasteiger partial charge in [-0.25, -0.2) is 0 Å². The lowest BCUT2D eigenvalue weighted by Crippen LogP contribution is -2.13. The molecule has 0 fully saturated rings. The number of hydrogen-bond donors (Lipinski definition) is 1. The Balaban J connectivity index is 1.60. The van der Waals surface area contributed by atoms with E-state index in [4.69, 9.17) is 32.4 Å². The van der Waals surface area contributed by atoms with Crippen molar-refractivity contribution in [3.63, 3.8) is 0 Å². The highest BCUT2D eigenvalue weighted by molar-refractivity contribution is 6.39. The Morgan fingerprint density at radius 2 is 1.81 bits per heavy atom. The first-order valence-corrected chi connectivity index (χ1v) is 8.53. The van der Waals surface area contributed by atoms with Crippen LogP contribution in [0.1, 0.15) is 12.3 Å². The number of carbonyl (C=O) groups excluding carboxylic acids is 1. The van der Waals surface area contributed by atoms with Gasteiger partial charge in [-0.3, -0.25) is 4.79 Å². The molecule has 3 rings (SSSR count). The molecule has 134 valence electrons. The zero-order valence-corrected chi connectivity index (χ0v) is 15.3. The smallest absolute Gasteiger partial charge is 0.247 e. The highest BCUT2D eigenvalue weighted by atomic mass is 35.5. The molecule has 6 nitrogen and oxygen atoms in total. The number of nitrogens with one attached hydrogen (secondary N) is 1. The normalized spacial score (nSPS) is 10.6. The van der Waals surface area contributed by atoms with Gasteiger partial charge in [0, 0.05) is 18.4 Å². The van der Waals surface area contributed by atoms with E-state index in [1.54, 1.807) is 37.4 Å². The fraction of sp³-hybridized carbons (Fsp3) is 0.167. The predicted molar refractivity (Wildman–Crippen MR) is 99.7 cm³/mol. The number of aryl methyl sites for hydroxylation is 1. The second-order valence-corrected chi connectivity index (χ2v) is 6.19. The van der Waals surface area contributed by atoms with Crippen molar-refractivity contribution in [2.24, 2.45) is 0 Å². The van der Waals surface area contributed by atoms with E-state index in [2.05, 4.69) is 15.5 Å². The van der Waals surface area contributed by atoms with Gasteiger partial charge in [-0.1, -0.05) is 29.3 Å². The highest BCUT2D eigenvalue weighted by Gasteiger charge is 2.13. The first-order chi connectivity index (χ1) is 12.6. The number of methoxy groups -OCH3 is 1. The molecule has 1 aromatic heterocycles. The van der Waals surface area contributed by atoms with Crippen molar-refractivity contribution < 1.29 is 13.9 Å². The quantitative estimate of drug-likeness (QED) is 0.662. The average Bonchev–Trinajstić information content (AvgIpc) is 3.12. The van der Waals surface area contributed by atoms with Crippen molar-refractivity contribution in [1.82, 2.24) is 10.2 Å². The fourth-order valence-corrected chi connectivity index (χ4v) is 2.74. The van der Waals surface area contributed by atoms with E-state index in [0.717, 1.165) is 11.3 Å². The molecule has 0 saturated carbocycles. The van der Waals surface area contributed by atoms with E-state index in [1.807, 2.05) is 12.1 Å². The van der Waals surface area contributed by atoms with Crippen LogP contribution < -0.4 is 10.1 Å². The van der Waals surface area contributed by atoms with Gasteiger partial charge in [0.2, 0.25) is 17.7 Å². The summed E-state index contributed by atoms with van der Waals surface area (Å²) in [4.78, 5) is 12.1. The van der Waals surface area contributed by atoms with Gasteiger partial charge in [0.15, 0.2) is 0 Å². The summed E-state index contributed by atoms with van der Waals surface area (Å²) >= 11 is 12.1. The van der Waals surface area contributed by atoms with Crippen LogP contribution in [-0.4, -0.2) is 23.2 Å². The van der Waals surface area contributed by atoms with Crippen LogP contribution in [0.15, 0.2) is 46.9 Å². The van der Waals surface area contributed by atoms with Gasteiger partial charge in [-0.15, -0.1) is 10.2 Å². The number of amides is 1. The van der Waals surface area contributed by atoms with Gasteiger partial charge in [0.1, 0.15) is 5.75 Å². The van der Waals surface area contributed by atoms with Gasteiger partial charge < -0.3 is 14.5 Å². The topological polar surface area (TPSA) is 77.2 Å². The third-order valence-electron chi connectivity index (χ3n) is 3.60. The zero-order chi connectivity index (χ0) is 18.5. The lowest BCUT2D eigenvalue weighted by atomic mass is 10.2. The lowest BCUT2D eigenvalue weighted by molar-refractivity contribution is -0.116. The Morgan fingerprint density at radius 1 is 1.12 bits per heavy atom. The van der Waals surface area contributed by atoms with Gasteiger partial charge in [0.05, 0.1) is 22.8 Å². The first kappa shape index (κ1) is 18.2. The number of benzene rings is 2. The largest absolute Gasteiger partial charge is 0.497 e. The third-order valence-corrected chi connectivity index (χ3v) is 4.23. The maximum Gasteiger partial charge on any atom is 0.247 e. The summed E-state index contributed by atoms with van der Waals surface area (Å²) in [6.07, 6.45) is 0.461. The molecule has 0 aliphatic heterocycles. The summed E-state index contributed by atoms with van der Waals surface area (Å²) < 4.78 is 10.7. The van der Waals surface area contributed by atoms with Gasteiger partial charge in [-0.05, 0) is 36.4 Å². The lowest BCUT2D eigenvalue weighted by Gasteiger charge is -2.08. The van der Waals surface area contributed by atoms with Gasteiger partial charge >= 0.3 is 0 Å². The van der Waals surface area contributed by atoms with Crippen LogP contribution in [-0.2, 0) is 11.2 Å². The Morgan fingerprint density at radius 3 is 2.46 bits per heavy atom. The Bertz CT molecular complexity index is 890. The SMILES string of the molecule is COc1ccc(-c2nnc(CCC(=O)Nc3c(Cl)cccc3Cl)o2)cc1. The molecule has 0 spiro atoms. The summed E-state index contributed by atoms with van der Waals surface area (Å²) in [5.74, 6) is 1.25. The average molecular weight is 392 g/mol. The third kappa shape index (κ3) is 4.33. The zero-order valence-electron chi connectivity index (χ0n) is 13.8. The molecular weight excluding hydrogens is 377 g/mol. The number of carbonyl (C=O) groups is 1. The molecule has 26 heavy (non-hydrogen) atoms. The van der Waals surface area contributed by atoms with Crippen LogP contribution in [0, 0.1) is 0 Å². The number of nitrogens with zero attached hydrogens (tertiary/aromatic N) is 2. The number of rotatable bonds is 6. The highest BCUT2D eigenvalue weighted by Crippen LogP contribution is 2.30. The number of para-hydroxylation sites is 1. The van der Waals surface area contributed by atoms with Crippen molar-refractivity contribution in [3.05, 3.63) is 58.4 Å². The standard InChI is InChI=1S/C18H15Cl2N3O3/c1-25-12-7-5-11(6-8-12)18-23-22-16(26-18)10-9-15(24)21-17-13(19)3-2-4-14(17)20/h2-8H,9-10H2,1H3,(H,21,24). The molecule has 1 N–H and O–H groups in total. The summed E-state index contributed by atoms with van der Waals surface area (Å²) in [7, 11) is 1.60. The summed E-state index contributed by atoms with van der Waals surface area (Å²) in [5, 5.41) is 11.4. The van der Waals surface area contributed by atoms with Crippen LogP contribution in [0.5, 0.6) is 5.75 Å². The Hall–Kier alpha value is -2.57. The van der Waals surface area contributed by atoms with Crippen molar-refractivity contribution in [2.75, 3.05) is 12.4 Å². The second-order valence-electron chi connectivity index (χ2n) is 5.37. The number of ether oxygens (including phenoxy) is 1. The maximum atomic E-state index is 12.1. The molecule has 0 radical (unpaired) electrons. The Kier molecular flexibility index (Phi) is 5.75. The maximum absolute atomic E-state index is 12.1. The van der Waals surface area contributed by atoms with E-state index < -0.39 is 0 Å². The predicted octanol–water partition coefficient (Wildman–Crippen LogP) is 4.62. The van der Waals surface area contributed by atoms with Crippen molar-refractivity contribution in [2.45, 2.75) is 12.8 Å². The van der Waals surface area contributed by atoms with Crippen molar-refractivity contribution >= 4 is 34.8 Å². The number of anilines is 1. The molecule has 1 amide bonds. The molecule has 0 aliphatic carbocycles. The Labute approximate surface area is 160 Å². The second kappa shape index (κ2) is 8.21. The summed E-state index contributed by atoms with van der Waals surface area (Å²) in [5.41, 5.74) is 1.17. The number of aromatic nitrogens is 2. The molecule has 2 aromatic carbocycles. The monoisotopic (exact) mass is 391 g/mol. The minimum atomic E-state index is -0.246. The minimum absolute atomic E-state index is 0.159. The van der Waals surface area contributed by atoms with Gasteiger partial charge in [0.25, 0.3) is 0 Å². The van der Waals surface area contributed by atoms with Crippen LogP contribution >= 0.6 is 23.2 Å². The molecule has 0 unspecified atom stereocenters. The van der Waals surface area contributed by atoms with E-state index in [0.29, 0.717) is 33.9 Å². The fourth-order valence-electron chi connectivity index (χ4n) is 2.24. The number of hydrogen-bond acceptors (Lipinski definition) is 5. The molecule has 0 aliphatic rings. The van der Waals surface area contributed by atoms with Crippen LogP contribution in [0.25, 0.3) is 11.5 Å². The molecule has 0 saturated heterocycles. The van der Waals surface area contributed by atoms with Gasteiger partial charge in [-0.2, -0.15) is 0 Å². The number of halogens is 2. The van der Waals surface area contributed by atoms with E-state index >= 15 is 0 Å². The first-order valence-electron chi connectivity index (χ1n) is 7.77. The van der Waals surface area contributed by atoms with E-state index in [9.17, 15) is 4.79 Å². The molecule has 3 aromatic rings. The molecule has 0 atom stereocenters. The van der Waals surface area contributed by atoms with Crippen LogP contribution in [0.2, 0.25) is 10.0 Å².